The molecule has 0 bridgehead atoms. The van der Waals surface area contributed by atoms with Crippen LogP contribution >= 0.6 is 23.2 Å². The van der Waals surface area contributed by atoms with E-state index >= 15 is 0 Å². The van der Waals surface area contributed by atoms with Crippen LogP contribution in [-0.4, -0.2) is 24.8 Å². The van der Waals surface area contributed by atoms with E-state index in [2.05, 4.69) is 4.98 Å². The van der Waals surface area contributed by atoms with Gasteiger partial charge in [0.05, 0.1) is 18.0 Å². The highest BCUT2D eigenvalue weighted by atomic mass is 35.5. The number of carbonyl (C=O) groups is 1. The van der Waals surface area contributed by atoms with Crippen LogP contribution in [0.15, 0.2) is 54.6 Å². The van der Waals surface area contributed by atoms with E-state index in [1.165, 1.54) is 19.2 Å². The van der Waals surface area contributed by atoms with Gasteiger partial charge in [0.15, 0.2) is 0 Å². The summed E-state index contributed by atoms with van der Waals surface area (Å²) in [7, 11) is 1.50. The number of halogens is 3. The van der Waals surface area contributed by atoms with Crippen molar-refractivity contribution in [2.75, 3.05) is 13.9 Å². The minimum absolute atomic E-state index is 0.0676. The van der Waals surface area contributed by atoms with Crippen molar-refractivity contribution in [2.45, 2.75) is 12.5 Å². The predicted octanol–water partition coefficient (Wildman–Crippen LogP) is 4.93. The zero-order valence-electron chi connectivity index (χ0n) is 16.1. The summed E-state index contributed by atoms with van der Waals surface area (Å²) >= 11 is 12.6. The molecule has 3 aromatic rings. The van der Waals surface area contributed by atoms with Crippen LogP contribution < -0.4 is 5.73 Å². The van der Waals surface area contributed by atoms with Gasteiger partial charge in [0.2, 0.25) is 5.91 Å². The second kappa shape index (κ2) is 10.00. The lowest BCUT2D eigenvalue weighted by atomic mass is 9.93. The first-order valence-electron chi connectivity index (χ1n) is 8.98. The maximum absolute atomic E-state index is 13.8. The van der Waals surface area contributed by atoms with Crippen molar-refractivity contribution in [2.24, 2.45) is 5.73 Å². The van der Waals surface area contributed by atoms with E-state index < -0.39 is 17.6 Å². The Morgan fingerprint density at radius 3 is 2.50 bits per heavy atom. The van der Waals surface area contributed by atoms with Gasteiger partial charge in [-0.05, 0) is 48.0 Å². The summed E-state index contributed by atoms with van der Waals surface area (Å²) < 4.78 is 24.1. The molecule has 2 aromatic carbocycles. The van der Waals surface area contributed by atoms with Gasteiger partial charge in [0, 0.05) is 28.3 Å². The molecule has 8 heteroatoms. The number of primary amides is 1. The highest BCUT2D eigenvalue weighted by Crippen LogP contribution is 2.36. The van der Waals surface area contributed by atoms with Gasteiger partial charge < -0.3 is 15.2 Å². The van der Waals surface area contributed by atoms with Crippen LogP contribution in [0.4, 0.5) is 4.39 Å². The summed E-state index contributed by atoms with van der Waals surface area (Å²) in [6, 6.07) is 14.4. The first-order valence-corrected chi connectivity index (χ1v) is 9.73. The van der Waals surface area contributed by atoms with Gasteiger partial charge >= 0.3 is 0 Å². The number of nitrogens with two attached hydrogens (primary N) is 1. The summed E-state index contributed by atoms with van der Waals surface area (Å²) in [5, 5.41) is 0.628. The summed E-state index contributed by atoms with van der Waals surface area (Å²) in [5.41, 5.74) is 8.21. The molecule has 0 radical (unpaired) electrons. The highest BCUT2D eigenvalue weighted by molar-refractivity contribution is 6.36. The highest BCUT2D eigenvalue weighted by Gasteiger charge is 2.27. The number of hydrogen-bond donors (Lipinski definition) is 1. The fourth-order valence-electron chi connectivity index (χ4n) is 3.15. The quantitative estimate of drug-likeness (QED) is 0.391. The van der Waals surface area contributed by atoms with E-state index in [4.69, 9.17) is 38.4 Å². The first-order chi connectivity index (χ1) is 14.4. The summed E-state index contributed by atoms with van der Waals surface area (Å²) in [6.07, 6.45) is 0. The van der Waals surface area contributed by atoms with Crippen molar-refractivity contribution >= 4 is 29.1 Å². The standard InChI is InChI=1S/C22H19Cl2FN2O3/c1-29-12-30-11-13-10-14(25)8-9-15(13)18-6-3-7-19(27-18)21(22(26)28)20-16(23)4-2-5-17(20)24/h2-10,21H,11-12H2,1H3,(H2,26,28). The zero-order chi connectivity index (χ0) is 21.7. The molecule has 1 atom stereocenters. The van der Waals surface area contributed by atoms with Crippen molar-refractivity contribution in [1.82, 2.24) is 4.98 Å². The smallest absolute Gasteiger partial charge is 0.231 e. The molecule has 0 aliphatic heterocycles. The Morgan fingerprint density at radius 2 is 1.83 bits per heavy atom. The fourth-order valence-corrected chi connectivity index (χ4v) is 3.77. The minimum Gasteiger partial charge on any atom is -0.369 e. The fraction of sp³-hybridized carbons (Fsp3) is 0.182. The molecule has 2 N–H and O–H groups in total. The number of ether oxygens (including phenoxy) is 2. The van der Waals surface area contributed by atoms with Gasteiger partial charge in [-0.25, -0.2) is 4.39 Å². The molecule has 1 amide bonds. The Bertz CT molecular complexity index is 1040. The molecule has 0 fully saturated rings. The largest absolute Gasteiger partial charge is 0.369 e. The van der Waals surface area contributed by atoms with E-state index in [1.54, 1.807) is 42.5 Å². The van der Waals surface area contributed by atoms with Gasteiger partial charge in [-0.15, -0.1) is 0 Å². The summed E-state index contributed by atoms with van der Waals surface area (Å²) in [4.78, 5) is 16.9. The maximum atomic E-state index is 13.8. The van der Waals surface area contributed by atoms with Crippen LogP contribution in [0.2, 0.25) is 10.0 Å². The second-order valence-corrected chi connectivity index (χ2v) is 7.29. The van der Waals surface area contributed by atoms with Crippen molar-refractivity contribution in [3.05, 3.63) is 87.3 Å². The van der Waals surface area contributed by atoms with Gasteiger partial charge in [-0.1, -0.05) is 35.3 Å². The average Bonchev–Trinajstić information content (AvgIpc) is 2.71. The third kappa shape index (κ3) is 4.96. The SMILES string of the molecule is COCOCc1cc(F)ccc1-c1cccc(C(C(N)=O)c2c(Cl)cccc2Cl)n1. The number of aromatic nitrogens is 1. The number of amides is 1. The second-order valence-electron chi connectivity index (χ2n) is 6.47. The topological polar surface area (TPSA) is 74.4 Å². The molecular weight excluding hydrogens is 430 g/mol. The normalized spacial score (nSPS) is 12.0. The maximum Gasteiger partial charge on any atom is 0.231 e. The van der Waals surface area contributed by atoms with Crippen molar-refractivity contribution in [3.63, 3.8) is 0 Å². The van der Waals surface area contributed by atoms with Crippen LogP contribution in [-0.2, 0) is 20.9 Å². The van der Waals surface area contributed by atoms with E-state index in [9.17, 15) is 9.18 Å². The Morgan fingerprint density at radius 1 is 1.13 bits per heavy atom. The Labute approximate surface area is 183 Å². The van der Waals surface area contributed by atoms with Crippen LogP contribution in [0.5, 0.6) is 0 Å². The Kier molecular flexibility index (Phi) is 7.39. The van der Waals surface area contributed by atoms with Gasteiger partial charge in [0.1, 0.15) is 18.5 Å². The monoisotopic (exact) mass is 448 g/mol. The number of nitrogens with zero attached hydrogens (tertiary/aromatic N) is 1. The van der Waals surface area contributed by atoms with E-state index in [0.717, 1.165) is 0 Å². The summed E-state index contributed by atoms with van der Waals surface area (Å²) in [5.74, 6) is -1.99. The van der Waals surface area contributed by atoms with Crippen molar-refractivity contribution in [3.8, 4) is 11.3 Å². The predicted molar refractivity (Wildman–Crippen MR) is 114 cm³/mol. The molecule has 0 saturated heterocycles. The van der Waals surface area contributed by atoms with Crippen molar-refractivity contribution in [1.29, 1.82) is 0 Å². The van der Waals surface area contributed by atoms with Crippen LogP contribution in [0.3, 0.4) is 0 Å². The van der Waals surface area contributed by atoms with Crippen LogP contribution in [0.1, 0.15) is 22.7 Å². The lowest BCUT2D eigenvalue weighted by molar-refractivity contribution is -0.118. The molecule has 1 unspecified atom stereocenters. The molecule has 156 valence electrons. The van der Waals surface area contributed by atoms with Crippen molar-refractivity contribution < 1.29 is 18.7 Å². The molecule has 5 nitrogen and oxygen atoms in total. The van der Waals surface area contributed by atoms with Crippen LogP contribution in [0, 0.1) is 5.82 Å². The lowest BCUT2D eigenvalue weighted by Gasteiger charge is -2.18. The van der Waals surface area contributed by atoms with Gasteiger partial charge in [-0.2, -0.15) is 0 Å². The van der Waals surface area contributed by atoms with Gasteiger partial charge in [-0.3, -0.25) is 9.78 Å². The molecule has 1 aromatic heterocycles. The van der Waals surface area contributed by atoms with E-state index in [1.807, 2.05) is 0 Å². The Hall–Kier alpha value is -2.51. The van der Waals surface area contributed by atoms with E-state index in [0.29, 0.717) is 38.1 Å². The molecule has 0 spiro atoms. The number of carbonyl (C=O) groups excluding carboxylic acids is 1. The molecular formula is C22H19Cl2FN2O3. The molecule has 1 heterocycles. The van der Waals surface area contributed by atoms with E-state index in [-0.39, 0.29) is 13.4 Å². The number of benzene rings is 2. The Balaban J connectivity index is 2.07. The molecule has 0 aliphatic rings. The minimum atomic E-state index is -0.945. The third-order valence-corrected chi connectivity index (χ3v) is 5.10. The van der Waals surface area contributed by atoms with Gasteiger partial charge in [0.25, 0.3) is 0 Å². The molecule has 0 aliphatic carbocycles. The first kappa shape index (κ1) is 22.2. The number of rotatable bonds is 8. The number of methoxy groups -OCH3 is 1. The molecule has 0 saturated carbocycles. The van der Waals surface area contributed by atoms with Crippen LogP contribution in [0.25, 0.3) is 11.3 Å². The summed E-state index contributed by atoms with van der Waals surface area (Å²) in [6.45, 7) is 0.195. The third-order valence-electron chi connectivity index (χ3n) is 4.44. The molecule has 3 rings (SSSR count). The molecule has 30 heavy (non-hydrogen) atoms. The number of pyridine rings is 1. The zero-order valence-corrected chi connectivity index (χ0v) is 17.6. The lowest BCUT2D eigenvalue weighted by Crippen LogP contribution is -2.24. The average molecular weight is 449 g/mol. The number of hydrogen-bond acceptors (Lipinski definition) is 4.